The third-order valence-electron chi connectivity index (χ3n) is 6.06. The van der Waals surface area contributed by atoms with E-state index < -0.39 is 18.3 Å². The number of rotatable bonds is 6. The number of carbonyl (C=O) groups is 1. The van der Waals surface area contributed by atoms with Gasteiger partial charge in [-0.15, -0.1) is 24.8 Å². The molecule has 34 heavy (non-hydrogen) atoms. The number of amides is 2. The number of hydrogen-bond acceptors (Lipinski definition) is 6. The number of piperazine rings is 1. The summed E-state index contributed by atoms with van der Waals surface area (Å²) in [4.78, 5) is 16.6. The lowest BCUT2D eigenvalue weighted by Gasteiger charge is -2.41. The maximum atomic E-state index is 13.2. The van der Waals surface area contributed by atoms with E-state index in [1.54, 1.807) is 24.3 Å². The van der Waals surface area contributed by atoms with E-state index in [1.165, 1.54) is 12.1 Å². The van der Waals surface area contributed by atoms with Gasteiger partial charge in [0, 0.05) is 44.1 Å². The summed E-state index contributed by atoms with van der Waals surface area (Å²) in [5.74, 6) is -0.264. The molecule has 0 aromatic heterocycles. The number of benzene rings is 2. The average Bonchev–Trinajstić information content (AvgIpc) is 3.14. The summed E-state index contributed by atoms with van der Waals surface area (Å²) in [6.07, 6.45) is -2.01. The summed E-state index contributed by atoms with van der Waals surface area (Å²) in [6.45, 7) is 2.69. The largest absolute Gasteiger partial charge is 0.394 e. The van der Waals surface area contributed by atoms with Crippen molar-refractivity contribution < 1.29 is 24.1 Å². The Balaban J connectivity index is 0.00000204. The van der Waals surface area contributed by atoms with Crippen molar-refractivity contribution in [1.82, 2.24) is 10.2 Å². The number of anilines is 2. The molecule has 0 saturated carbocycles. The monoisotopic (exact) mass is 516 g/mol. The molecule has 0 unspecified atom stereocenters. The van der Waals surface area contributed by atoms with Crippen molar-refractivity contribution in [2.45, 2.75) is 24.4 Å². The van der Waals surface area contributed by atoms with Crippen LogP contribution >= 0.6 is 24.8 Å². The van der Waals surface area contributed by atoms with Crippen LogP contribution in [0.2, 0.25) is 0 Å². The molecule has 188 valence electrons. The third-order valence-corrected chi connectivity index (χ3v) is 6.06. The second-order valence-corrected chi connectivity index (χ2v) is 8.08. The van der Waals surface area contributed by atoms with Gasteiger partial charge in [-0.1, -0.05) is 18.2 Å². The summed E-state index contributed by atoms with van der Waals surface area (Å²) >= 11 is 0. The van der Waals surface area contributed by atoms with Crippen LogP contribution in [0.3, 0.4) is 0 Å². The van der Waals surface area contributed by atoms with Crippen LogP contribution < -0.4 is 15.5 Å². The fraction of sp³-hybridized carbons (Fsp3) is 0.435. The Hall–Kier alpha value is -2.14. The predicted octanol–water partition coefficient (Wildman–Crippen LogP) is 2.10. The van der Waals surface area contributed by atoms with Crippen LogP contribution in [0.25, 0.3) is 0 Å². The van der Waals surface area contributed by atoms with Crippen LogP contribution in [-0.4, -0.2) is 84.8 Å². The SMILES string of the molecule is Cl.Cl.O=C(NC[C@H]1O[C@@H](CO)[C@@H](O)[C@H]1N1CCN(c2ccc(F)cc2)CC1)Nc1ccccc1. The second kappa shape index (κ2) is 13.1. The van der Waals surface area contributed by atoms with Gasteiger partial charge >= 0.3 is 6.03 Å². The second-order valence-electron chi connectivity index (χ2n) is 8.08. The van der Waals surface area contributed by atoms with Gasteiger partial charge in [-0.2, -0.15) is 0 Å². The zero-order valence-corrected chi connectivity index (χ0v) is 20.2. The summed E-state index contributed by atoms with van der Waals surface area (Å²) < 4.78 is 19.1. The van der Waals surface area contributed by atoms with Crippen molar-refractivity contribution in [3.8, 4) is 0 Å². The topological polar surface area (TPSA) is 97.3 Å². The quantitative estimate of drug-likeness (QED) is 0.469. The fourth-order valence-corrected chi connectivity index (χ4v) is 4.42. The van der Waals surface area contributed by atoms with Crippen molar-refractivity contribution in [3.63, 3.8) is 0 Å². The first kappa shape index (κ1) is 28.1. The summed E-state index contributed by atoms with van der Waals surface area (Å²) in [5, 5.41) is 26.0. The average molecular weight is 517 g/mol. The lowest BCUT2D eigenvalue weighted by Crippen LogP contribution is -2.57. The molecule has 2 aromatic rings. The van der Waals surface area contributed by atoms with E-state index in [0.717, 1.165) is 5.69 Å². The molecule has 0 radical (unpaired) electrons. The highest BCUT2D eigenvalue weighted by atomic mass is 35.5. The first-order valence-corrected chi connectivity index (χ1v) is 10.8. The number of urea groups is 1. The minimum absolute atomic E-state index is 0. The standard InChI is InChI=1S/C23H29FN4O4.2ClH/c24-16-6-8-18(9-7-16)27-10-12-28(13-11-27)21-19(32-20(15-29)22(21)30)14-25-23(31)26-17-4-2-1-3-5-17;;/h1-9,19-22,29-30H,10-15H2,(H2,25,26,31);2*1H/t19-,20+,21+,22-;;/m1../s1. The number of nitrogens with zero attached hydrogens (tertiary/aromatic N) is 2. The molecule has 4 rings (SSSR count). The molecule has 11 heteroatoms. The Morgan fingerprint density at radius 2 is 1.65 bits per heavy atom. The maximum absolute atomic E-state index is 13.2. The van der Waals surface area contributed by atoms with E-state index in [9.17, 15) is 19.4 Å². The number of ether oxygens (including phenoxy) is 1. The molecule has 2 heterocycles. The number of aliphatic hydroxyl groups excluding tert-OH is 2. The number of hydrogen-bond donors (Lipinski definition) is 4. The third kappa shape index (κ3) is 6.71. The summed E-state index contributed by atoms with van der Waals surface area (Å²) in [5.41, 5.74) is 1.64. The van der Waals surface area contributed by atoms with E-state index >= 15 is 0 Å². The van der Waals surface area contributed by atoms with E-state index in [0.29, 0.717) is 31.9 Å². The molecule has 2 aliphatic heterocycles. The minimum atomic E-state index is -0.860. The molecular weight excluding hydrogens is 486 g/mol. The molecule has 2 aromatic carbocycles. The number of halogens is 3. The molecule has 4 atom stereocenters. The van der Waals surface area contributed by atoms with Crippen LogP contribution in [0.1, 0.15) is 0 Å². The van der Waals surface area contributed by atoms with Gasteiger partial charge in [0.15, 0.2) is 0 Å². The summed E-state index contributed by atoms with van der Waals surface area (Å²) in [7, 11) is 0. The van der Waals surface area contributed by atoms with Crippen molar-refractivity contribution in [3.05, 3.63) is 60.4 Å². The van der Waals surface area contributed by atoms with Gasteiger partial charge in [0.1, 0.15) is 18.0 Å². The number of aliphatic hydroxyl groups is 2. The van der Waals surface area contributed by atoms with Gasteiger partial charge in [-0.05, 0) is 36.4 Å². The molecule has 2 fully saturated rings. The van der Waals surface area contributed by atoms with Gasteiger partial charge in [-0.3, -0.25) is 4.90 Å². The zero-order chi connectivity index (χ0) is 22.5. The van der Waals surface area contributed by atoms with Gasteiger partial charge in [0.05, 0.1) is 18.8 Å². The number of carbonyl (C=O) groups excluding carboxylic acids is 1. The number of nitrogens with one attached hydrogen (secondary N) is 2. The maximum Gasteiger partial charge on any atom is 0.319 e. The molecule has 0 spiro atoms. The molecule has 2 amide bonds. The molecule has 4 N–H and O–H groups in total. The van der Waals surface area contributed by atoms with E-state index in [-0.39, 0.29) is 55.9 Å². The Labute approximate surface area is 210 Å². The zero-order valence-electron chi connectivity index (χ0n) is 18.5. The van der Waals surface area contributed by atoms with Crippen LogP contribution in [0, 0.1) is 5.82 Å². The van der Waals surface area contributed by atoms with E-state index in [1.807, 2.05) is 18.2 Å². The van der Waals surface area contributed by atoms with Crippen LogP contribution in [0.4, 0.5) is 20.6 Å². The van der Waals surface area contributed by atoms with Crippen LogP contribution in [0.5, 0.6) is 0 Å². The van der Waals surface area contributed by atoms with Crippen molar-refractivity contribution in [1.29, 1.82) is 0 Å². The van der Waals surface area contributed by atoms with Gasteiger partial charge in [-0.25, -0.2) is 9.18 Å². The van der Waals surface area contributed by atoms with Crippen molar-refractivity contribution in [2.24, 2.45) is 0 Å². The molecule has 0 bridgehead atoms. The smallest absolute Gasteiger partial charge is 0.319 e. The number of para-hydroxylation sites is 1. The molecule has 8 nitrogen and oxygen atoms in total. The lowest BCUT2D eigenvalue weighted by molar-refractivity contribution is -0.0205. The van der Waals surface area contributed by atoms with Crippen LogP contribution in [0.15, 0.2) is 54.6 Å². The highest BCUT2D eigenvalue weighted by molar-refractivity contribution is 5.89. The highest BCUT2D eigenvalue weighted by Gasteiger charge is 2.46. The molecule has 2 aliphatic rings. The minimum Gasteiger partial charge on any atom is -0.394 e. The Morgan fingerprint density at radius 1 is 1.00 bits per heavy atom. The molecule has 0 aliphatic carbocycles. The first-order valence-electron chi connectivity index (χ1n) is 10.8. The van der Waals surface area contributed by atoms with Crippen LogP contribution in [-0.2, 0) is 4.74 Å². The van der Waals surface area contributed by atoms with Gasteiger partial charge in [0.25, 0.3) is 0 Å². The normalized spacial score (nSPS) is 24.6. The molecule has 2 saturated heterocycles. The van der Waals surface area contributed by atoms with Crippen molar-refractivity contribution >= 4 is 42.2 Å². The Bertz CT molecular complexity index is 888. The summed E-state index contributed by atoms with van der Waals surface area (Å²) in [6, 6.07) is 14.8. The van der Waals surface area contributed by atoms with E-state index in [4.69, 9.17) is 4.74 Å². The van der Waals surface area contributed by atoms with Gasteiger partial charge in [0.2, 0.25) is 0 Å². The fourth-order valence-electron chi connectivity index (χ4n) is 4.42. The van der Waals surface area contributed by atoms with Crippen molar-refractivity contribution in [2.75, 3.05) is 49.5 Å². The lowest BCUT2D eigenvalue weighted by atomic mass is 10.0. The highest BCUT2D eigenvalue weighted by Crippen LogP contribution is 2.27. The molecular formula is C23H31Cl2FN4O4. The Morgan fingerprint density at radius 3 is 2.26 bits per heavy atom. The Kier molecular flexibility index (Phi) is 10.8. The van der Waals surface area contributed by atoms with Gasteiger partial charge < -0.3 is 30.5 Å². The first-order chi connectivity index (χ1) is 15.5. The van der Waals surface area contributed by atoms with E-state index in [2.05, 4.69) is 20.4 Å². The predicted molar refractivity (Wildman–Crippen MR) is 134 cm³/mol.